The van der Waals surface area contributed by atoms with E-state index in [1.807, 2.05) is 25.7 Å². The van der Waals surface area contributed by atoms with Crippen molar-refractivity contribution in [2.75, 3.05) is 6.54 Å². The predicted molar refractivity (Wildman–Crippen MR) is 77.3 cm³/mol. The molecule has 1 aromatic carbocycles. The Bertz CT molecular complexity index is 462. The quantitative estimate of drug-likeness (QED) is 0.748. The molecule has 3 nitrogen and oxygen atoms in total. The van der Waals surface area contributed by atoms with Crippen molar-refractivity contribution in [1.82, 2.24) is 4.90 Å². The lowest BCUT2D eigenvalue weighted by Gasteiger charge is -2.31. The van der Waals surface area contributed by atoms with Crippen LogP contribution in [-0.2, 0) is 0 Å². The molecule has 1 unspecified atom stereocenters. The lowest BCUT2D eigenvalue weighted by atomic mass is 10.0. The molecule has 0 saturated heterocycles. The molecule has 0 heterocycles. The fourth-order valence-corrected chi connectivity index (χ4v) is 2.21. The van der Waals surface area contributed by atoms with Gasteiger partial charge in [0.2, 0.25) is 0 Å². The standard InChI is InChI=1S/C15H19ClN2O/c1-11(2)18(10-4-9-17)12(3)15(19)13-5-7-14(16)8-6-13/h5-8,11-12H,4,10H2,1-3H3. The number of nitriles is 1. The maximum Gasteiger partial charge on any atom is 0.179 e. The van der Waals surface area contributed by atoms with E-state index < -0.39 is 0 Å². The van der Waals surface area contributed by atoms with Gasteiger partial charge in [-0.05, 0) is 45.0 Å². The van der Waals surface area contributed by atoms with Gasteiger partial charge in [0.25, 0.3) is 0 Å². The predicted octanol–water partition coefficient (Wildman–Crippen LogP) is 3.54. The monoisotopic (exact) mass is 278 g/mol. The van der Waals surface area contributed by atoms with Crippen LogP contribution >= 0.6 is 11.6 Å². The molecule has 0 spiro atoms. The van der Waals surface area contributed by atoms with Crippen LogP contribution in [0.3, 0.4) is 0 Å². The minimum Gasteiger partial charge on any atom is -0.292 e. The van der Waals surface area contributed by atoms with E-state index in [1.54, 1.807) is 24.3 Å². The number of halogens is 1. The lowest BCUT2D eigenvalue weighted by molar-refractivity contribution is 0.0793. The van der Waals surface area contributed by atoms with Crippen molar-refractivity contribution in [1.29, 1.82) is 5.26 Å². The molecular weight excluding hydrogens is 260 g/mol. The van der Waals surface area contributed by atoms with Crippen LogP contribution in [0.15, 0.2) is 24.3 Å². The summed E-state index contributed by atoms with van der Waals surface area (Å²) in [5.74, 6) is 0.0586. The van der Waals surface area contributed by atoms with E-state index in [-0.39, 0.29) is 17.9 Å². The third-order valence-electron chi connectivity index (χ3n) is 3.15. The Morgan fingerprint density at radius 1 is 1.32 bits per heavy atom. The van der Waals surface area contributed by atoms with Gasteiger partial charge in [0.15, 0.2) is 5.78 Å². The van der Waals surface area contributed by atoms with Crippen molar-refractivity contribution >= 4 is 17.4 Å². The van der Waals surface area contributed by atoms with Crippen molar-refractivity contribution in [2.45, 2.75) is 39.3 Å². The fraction of sp³-hybridized carbons (Fsp3) is 0.467. The molecule has 0 fully saturated rings. The molecule has 0 saturated carbocycles. The second-order valence-corrected chi connectivity index (χ2v) is 5.22. The summed E-state index contributed by atoms with van der Waals surface area (Å²) in [6, 6.07) is 9.02. The summed E-state index contributed by atoms with van der Waals surface area (Å²) in [6.45, 7) is 6.55. The summed E-state index contributed by atoms with van der Waals surface area (Å²) < 4.78 is 0. The van der Waals surface area contributed by atoms with Crippen molar-refractivity contribution in [3.63, 3.8) is 0 Å². The van der Waals surface area contributed by atoms with Gasteiger partial charge in [-0.1, -0.05) is 11.6 Å². The van der Waals surface area contributed by atoms with Gasteiger partial charge in [-0.15, -0.1) is 0 Å². The SMILES string of the molecule is CC(C)N(CCC#N)C(C)C(=O)c1ccc(Cl)cc1. The first kappa shape index (κ1) is 15.7. The Kier molecular flexibility index (Phi) is 6.01. The number of carbonyl (C=O) groups is 1. The molecule has 102 valence electrons. The van der Waals surface area contributed by atoms with Crippen molar-refractivity contribution in [2.24, 2.45) is 0 Å². The van der Waals surface area contributed by atoms with Crippen LogP contribution in [0.2, 0.25) is 5.02 Å². The highest BCUT2D eigenvalue weighted by Crippen LogP contribution is 2.15. The first-order chi connectivity index (χ1) is 8.97. The van der Waals surface area contributed by atoms with Gasteiger partial charge in [0.05, 0.1) is 12.1 Å². The molecule has 1 rings (SSSR count). The van der Waals surface area contributed by atoms with E-state index in [0.717, 1.165) is 0 Å². The largest absolute Gasteiger partial charge is 0.292 e. The van der Waals surface area contributed by atoms with Gasteiger partial charge in [-0.3, -0.25) is 9.69 Å². The number of benzene rings is 1. The van der Waals surface area contributed by atoms with E-state index in [4.69, 9.17) is 16.9 Å². The number of carbonyl (C=O) groups excluding carboxylic acids is 1. The summed E-state index contributed by atoms with van der Waals surface area (Å²) in [5.41, 5.74) is 0.652. The molecule has 0 N–H and O–H groups in total. The summed E-state index contributed by atoms with van der Waals surface area (Å²) in [6.07, 6.45) is 0.427. The normalized spacial score (nSPS) is 12.5. The Morgan fingerprint density at radius 2 is 1.89 bits per heavy atom. The average Bonchev–Trinajstić information content (AvgIpc) is 2.38. The summed E-state index contributed by atoms with van der Waals surface area (Å²) >= 11 is 5.82. The van der Waals surface area contributed by atoms with Crippen LogP contribution in [0, 0.1) is 11.3 Å². The van der Waals surface area contributed by atoms with E-state index >= 15 is 0 Å². The zero-order chi connectivity index (χ0) is 14.4. The van der Waals surface area contributed by atoms with Gasteiger partial charge in [-0.25, -0.2) is 0 Å². The summed E-state index contributed by atoms with van der Waals surface area (Å²) in [7, 11) is 0. The minimum absolute atomic E-state index is 0.0586. The number of hydrogen-bond acceptors (Lipinski definition) is 3. The van der Waals surface area contributed by atoms with Crippen LogP contribution in [0.5, 0.6) is 0 Å². The molecule has 1 atom stereocenters. The molecule has 19 heavy (non-hydrogen) atoms. The summed E-state index contributed by atoms with van der Waals surface area (Å²) in [4.78, 5) is 14.4. The van der Waals surface area contributed by atoms with E-state index in [9.17, 15) is 4.79 Å². The van der Waals surface area contributed by atoms with Crippen LogP contribution in [0.25, 0.3) is 0 Å². The Morgan fingerprint density at radius 3 is 2.37 bits per heavy atom. The Hall–Kier alpha value is -1.37. The third-order valence-corrected chi connectivity index (χ3v) is 3.40. The molecular formula is C15H19ClN2O. The third kappa shape index (κ3) is 4.34. The molecule has 0 amide bonds. The smallest absolute Gasteiger partial charge is 0.179 e. The van der Waals surface area contributed by atoms with E-state index in [2.05, 4.69) is 6.07 Å². The van der Waals surface area contributed by atoms with Gasteiger partial charge in [-0.2, -0.15) is 5.26 Å². The van der Waals surface area contributed by atoms with Crippen LogP contribution in [0.4, 0.5) is 0 Å². The topological polar surface area (TPSA) is 44.1 Å². The highest BCUT2D eigenvalue weighted by atomic mass is 35.5. The first-order valence-corrected chi connectivity index (χ1v) is 6.77. The molecule has 0 radical (unpaired) electrons. The van der Waals surface area contributed by atoms with E-state index in [1.165, 1.54) is 0 Å². The van der Waals surface area contributed by atoms with Crippen LogP contribution < -0.4 is 0 Å². The van der Waals surface area contributed by atoms with Gasteiger partial charge in [0.1, 0.15) is 0 Å². The molecule has 0 aliphatic rings. The number of nitrogens with zero attached hydrogens (tertiary/aromatic N) is 2. The zero-order valence-corrected chi connectivity index (χ0v) is 12.3. The zero-order valence-electron chi connectivity index (χ0n) is 11.6. The number of hydrogen-bond donors (Lipinski definition) is 0. The lowest BCUT2D eigenvalue weighted by Crippen LogP contribution is -2.43. The van der Waals surface area contributed by atoms with Gasteiger partial charge < -0.3 is 0 Å². The first-order valence-electron chi connectivity index (χ1n) is 6.39. The maximum atomic E-state index is 12.4. The Balaban J connectivity index is 2.84. The molecule has 1 aromatic rings. The number of rotatable bonds is 6. The fourth-order valence-electron chi connectivity index (χ4n) is 2.08. The van der Waals surface area contributed by atoms with E-state index in [0.29, 0.717) is 23.6 Å². The molecule has 4 heteroatoms. The second kappa shape index (κ2) is 7.28. The van der Waals surface area contributed by atoms with Crippen molar-refractivity contribution in [3.05, 3.63) is 34.9 Å². The van der Waals surface area contributed by atoms with Gasteiger partial charge in [0, 0.05) is 29.6 Å². The second-order valence-electron chi connectivity index (χ2n) is 4.79. The molecule has 0 aromatic heterocycles. The Labute approximate surface area is 119 Å². The average molecular weight is 279 g/mol. The van der Waals surface area contributed by atoms with Crippen molar-refractivity contribution < 1.29 is 4.79 Å². The highest BCUT2D eigenvalue weighted by molar-refractivity contribution is 6.30. The molecule has 0 aliphatic heterocycles. The highest BCUT2D eigenvalue weighted by Gasteiger charge is 2.24. The van der Waals surface area contributed by atoms with Crippen molar-refractivity contribution in [3.8, 4) is 6.07 Å². The maximum absolute atomic E-state index is 12.4. The minimum atomic E-state index is -0.241. The summed E-state index contributed by atoms with van der Waals surface area (Å²) in [5, 5.41) is 9.31. The molecule has 0 bridgehead atoms. The van der Waals surface area contributed by atoms with Gasteiger partial charge >= 0.3 is 0 Å². The van der Waals surface area contributed by atoms with Crippen LogP contribution in [0.1, 0.15) is 37.6 Å². The number of Topliss-reactive ketones (excluding diaryl/α,β-unsaturated/α-hetero) is 1. The number of ketones is 1. The van der Waals surface area contributed by atoms with Crippen LogP contribution in [-0.4, -0.2) is 29.3 Å². The molecule has 0 aliphatic carbocycles.